The highest BCUT2D eigenvalue weighted by molar-refractivity contribution is 5.89. The van der Waals surface area contributed by atoms with E-state index in [1.165, 1.54) is 270 Å². The number of methoxy groups -OCH3 is 1. The van der Waals surface area contributed by atoms with Crippen molar-refractivity contribution in [2.24, 2.45) is 0 Å². The maximum Gasteiger partial charge on any atom is 0.338 e. The monoisotopic (exact) mass is 1150 g/mol. The largest absolute Gasteiger partial charge is 0.497 e. The Kier molecular flexibility index (Phi) is 48.1. The number of ether oxygens (including phenoxy) is 5. The zero-order valence-electron chi connectivity index (χ0n) is 54.5. The summed E-state index contributed by atoms with van der Waals surface area (Å²) in [5.41, 5.74) is 3.04. The van der Waals surface area contributed by atoms with E-state index in [1.54, 1.807) is 19.2 Å². The van der Waals surface area contributed by atoms with Gasteiger partial charge < -0.3 is 23.7 Å². The van der Waals surface area contributed by atoms with E-state index in [9.17, 15) is 4.79 Å². The fourth-order valence-electron chi connectivity index (χ4n) is 11.3. The first-order valence-electron chi connectivity index (χ1n) is 35.6. The molecule has 0 atom stereocenters. The lowest BCUT2D eigenvalue weighted by Crippen LogP contribution is -2.09. The summed E-state index contributed by atoms with van der Waals surface area (Å²) >= 11 is 0. The molecule has 0 unspecified atom stereocenters. The third-order valence-corrected chi connectivity index (χ3v) is 16.8. The van der Waals surface area contributed by atoms with Crippen LogP contribution in [0.4, 0.5) is 0 Å². The van der Waals surface area contributed by atoms with E-state index in [4.69, 9.17) is 23.7 Å². The number of carbonyl (C=O) groups is 1. The molecule has 83 heavy (non-hydrogen) atoms. The molecule has 0 aliphatic heterocycles. The lowest BCUT2D eigenvalue weighted by atomic mass is 10.0. The molecule has 0 bridgehead atoms. The SMILES string of the molecule is CCCCCCCCCCCCCCCCCCOc1cc(COC(=O)c2ccc(C#Cc3ccc(OC)cc3)cc2)cc(OCCCCCCCCCCCCCCCCCC)c1OCCCCCCCCCCCCCCCCCC. The molecule has 6 nitrogen and oxygen atoms in total. The van der Waals surface area contributed by atoms with Crippen molar-refractivity contribution in [2.75, 3.05) is 26.9 Å². The van der Waals surface area contributed by atoms with E-state index in [1.807, 2.05) is 48.5 Å². The van der Waals surface area contributed by atoms with Crippen LogP contribution in [0.15, 0.2) is 60.7 Å². The van der Waals surface area contributed by atoms with Gasteiger partial charge in [-0.1, -0.05) is 322 Å². The van der Waals surface area contributed by atoms with Crippen molar-refractivity contribution in [2.45, 2.75) is 336 Å². The molecule has 0 aromatic heterocycles. The number of hydrogen-bond acceptors (Lipinski definition) is 6. The fraction of sp³-hybridized carbons (Fsp3) is 0.727. The van der Waals surface area contributed by atoms with Crippen LogP contribution in [0.25, 0.3) is 0 Å². The minimum absolute atomic E-state index is 0.0993. The van der Waals surface area contributed by atoms with Crippen LogP contribution in [0.1, 0.15) is 356 Å². The van der Waals surface area contributed by atoms with Crippen LogP contribution in [-0.2, 0) is 11.3 Å². The zero-order valence-corrected chi connectivity index (χ0v) is 54.5. The fourth-order valence-corrected chi connectivity index (χ4v) is 11.3. The number of benzene rings is 3. The molecule has 0 heterocycles. The Bertz CT molecular complexity index is 1920. The standard InChI is InChI=1S/C77H126O6/c1-5-8-11-14-17-20-23-26-29-32-35-38-41-44-47-50-63-80-74-66-71(68-83-77(78)72-59-55-69(56-60-72)53-54-70-57-61-73(79-4)62-58-70)67-75(81-64-51-48-45-42-39-36-33-30-27-24-21-18-15-12-9-6-2)76(74)82-65-52-49-46-43-40-37-34-31-28-25-22-19-16-13-10-7-3/h55-62,66-67H,5-52,63-65,68H2,1-4H3. The lowest BCUT2D eigenvalue weighted by Gasteiger charge is -2.19. The number of unbranched alkanes of at least 4 members (excludes halogenated alkanes) is 45. The van der Waals surface area contributed by atoms with Gasteiger partial charge in [0.2, 0.25) is 5.75 Å². The van der Waals surface area contributed by atoms with Crippen LogP contribution >= 0.6 is 0 Å². The summed E-state index contributed by atoms with van der Waals surface area (Å²) in [4.78, 5) is 13.5. The molecule has 0 spiro atoms. The maximum atomic E-state index is 13.5. The molecular formula is C77H126O6. The highest BCUT2D eigenvalue weighted by Crippen LogP contribution is 2.40. The van der Waals surface area contributed by atoms with Gasteiger partial charge in [0.15, 0.2) is 11.5 Å². The van der Waals surface area contributed by atoms with Gasteiger partial charge in [-0.25, -0.2) is 4.79 Å². The van der Waals surface area contributed by atoms with E-state index in [2.05, 4.69) is 32.6 Å². The lowest BCUT2D eigenvalue weighted by molar-refractivity contribution is 0.0471. The van der Waals surface area contributed by atoms with Crippen LogP contribution in [0.5, 0.6) is 23.0 Å². The molecule has 6 heteroatoms. The summed E-state index contributed by atoms with van der Waals surface area (Å²) in [6.07, 6.45) is 64.2. The van der Waals surface area contributed by atoms with Crippen molar-refractivity contribution < 1.29 is 28.5 Å². The summed E-state index contributed by atoms with van der Waals surface area (Å²) in [7, 11) is 1.66. The molecule has 3 rings (SSSR count). The predicted octanol–water partition coefficient (Wildman–Crippen LogP) is 24.4. The second-order valence-electron chi connectivity index (χ2n) is 24.5. The Morgan fingerprint density at radius 1 is 0.337 bits per heavy atom. The van der Waals surface area contributed by atoms with Crippen molar-refractivity contribution in [1.82, 2.24) is 0 Å². The van der Waals surface area contributed by atoms with Crippen LogP contribution in [-0.4, -0.2) is 32.9 Å². The average Bonchev–Trinajstić information content (AvgIpc) is 3.69. The third kappa shape index (κ3) is 40.8. The van der Waals surface area contributed by atoms with Gasteiger partial charge >= 0.3 is 5.97 Å². The molecule has 0 radical (unpaired) electrons. The van der Waals surface area contributed by atoms with Gasteiger partial charge in [-0.05, 0) is 85.5 Å². The molecule has 0 saturated heterocycles. The Balaban J connectivity index is 1.57. The zero-order chi connectivity index (χ0) is 59.0. The molecule has 3 aromatic rings. The molecule has 3 aromatic carbocycles. The predicted molar refractivity (Wildman–Crippen MR) is 356 cm³/mol. The molecule has 0 saturated carbocycles. The average molecular weight is 1150 g/mol. The highest BCUT2D eigenvalue weighted by atomic mass is 16.5. The van der Waals surface area contributed by atoms with Crippen molar-refractivity contribution in [3.05, 3.63) is 82.9 Å². The van der Waals surface area contributed by atoms with E-state index in [0.717, 1.165) is 61.0 Å². The van der Waals surface area contributed by atoms with Gasteiger partial charge in [0.1, 0.15) is 12.4 Å². The van der Waals surface area contributed by atoms with Gasteiger partial charge in [0.05, 0.1) is 32.5 Å². The summed E-state index contributed by atoms with van der Waals surface area (Å²) in [5.74, 6) is 8.90. The minimum atomic E-state index is -0.380. The molecule has 0 aliphatic carbocycles. The number of carbonyl (C=O) groups excluding carboxylic acids is 1. The topological polar surface area (TPSA) is 63.2 Å². The van der Waals surface area contributed by atoms with Crippen LogP contribution in [0, 0.1) is 11.8 Å². The van der Waals surface area contributed by atoms with Gasteiger partial charge in [0, 0.05) is 11.1 Å². The maximum absolute atomic E-state index is 13.5. The Hall–Kier alpha value is -4.11. The molecular weight excluding hydrogens is 1020 g/mol. The molecule has 0 amide bonds. The van der Waals surface area contributed by atoms with Gasteiger partial charge in [0.25, 0.3) is 0 Å². The summed E-state index contributed by atoms with van der Waals surface area (Å²) in [6, 6.07) is 19.0. The second kappa shape index (κ2) is 54.5. The van der Waals surface area contributed by atoms with E-state index in [-0.39, 0.29) is 12.6 Å². The van der Waals surface area contributed by atoms with Gasteiger partial charge in [-0.2, -0.15) is 0 Å². The first-order valence-corrected chi connectivity index (χ1v) is 35.6. The van der Waals surface area contributed by atoms with Gasteiger partial charge in [-0.3, -0.25) is 0 Å². The summed E-state index contributed by atoms with van der Waals surface area (Å²) in [6.45, 7) is 8.84. The molecule has 0 fully saturated rings. The van der Waals surface area contributed by atoms with Gasteiger partial charge in [-0.15, -0.1) is 0 Å². The first-order chi connectivity index (χ1) is 41.1. The summed E-state index contributed by atoms with van der Waals surface area (Å²) < 4.78 is 31.3. The molecule has 470 valence electrons. The van der Waals surface area contributed by atoms with E-state index in [0.29, 0.717) is 42.6 Å². The highest BCUT2D eigenvalue weighted by Gasteiger charge is 2.18. The van der Waals surface area contributed by atoms with Crippen molar-refractivity contribution >= 4 is 5.97 Å². The van der Waals surface area contributed by atoms with Crippen molar-refractivity contribution in [3.8, 4) is 34.8 Å². The number of rotatable bonds is 58. The van der Waals surface area contributed by atoms with E-state index < -0.39 is 0 Å². The van der Waals surface area contributed by atoms with Crippen molar-refractivity contribution in [3.63, 3.8) is 0 Å². The first kappa shape index (κ1) is 73.1. The normalized spacial score (nSPS) is 11.2. The Labute approximate surface area is 512 Å². The number of hydrogen-bond donors (Lipinski definition) is 0. The van der Waals surface area contributed by atoms with Crippen molar-refractivity contribution in [1.29, 1.82) is 0 Å². The van der Waals surface area contributed by atoms with Crippen LogP contribution in [0.2, 0.25) is 0 Å². The Morgan fingerprint density at radius 3 is 0.892 bits per heavy atom. The smallest absolute Gasteiger partial charge is 0.338 e. The Morgan fingerprint density at radius 2 is 0.602 bits per heavy atom. The molecule has 0 aliphatic rings. The van der Waals surface area contributed by atoms with Crippen LogP contribution in [0.3, 0.4) is 0 Å². The molecule has 0 N–H and O–H groups in total. The number of esters is 1. The quantitative estimate of drug-likeness (QED) is 0.0319. The summed E-state index contributed by atoms with van der Waals surface area (Å²) in [5, 5.41) is 0. The minimum Gasteiger partial charge on any atom is -0.497 e. The van der Waals surface area contributed by atoms with Crippen LogP contribution < -0.4 is 18.9 Å². The second-order valence-corrected chi connectivity index (χ2v) is 24.5. The van der Waals surface area contributed by atoms with E-state index >= 15 is 0 Å². The third-order valence-electron chi connectivity index (χ3n) is 16.8.